The van der Waals surface area contributed by atoms with Gasteiger partial charge in [0.15, 0.2) is 0 Å². The maximum absolute atomic E-state index is 5.70. The molecule has 0 bridgehead atoms. The van der Waals surface area contributed by atoms with Crippen molar-refractivity contribution in [2.75, 3.05) is 13.2 Å². The zero-order chi connectivity index (χ0) is 18.1. The van der Waals surface area contributed by atoms with E-state index in [2.05, 4.69) is 31.2 Å². The highest BCUT2D eigenvalue weighted by Crippen LogP contribution is 2.26. The molecular weight excluding hydrogens is 328 g/mol. The SMILES string of the molecule is CCCc1ccc(C(=S)C=Cc2cc(OCC)ccc2OCC)cc1. The van der Waals surface area contributed by atoms with Crippen molar-refractivity contribution < 1.29 is 9.47 Å². The largest absolute Gasteiger partial charge is 0.494 e. The maximum atomic E-state index is 5.70. The van der Waals surface area contributed by atoms with Crippen LogP contribution in [0.25, 0.3) is 6.08 Å². The first-order chi connectivity index (χ1) is 12.2. The number of hydrogen-bond acceptors (Lipinski definition) is 3. The van der Waals surface area contributed by atoms with Gasteiger partial charge in [0.05, 0.1) is 13.2 Å². The normalized spacial score (nSPS) is 10.8. The van der Waals surface area contributed by atoms with Gasteiger partial charge in [-0.25, -0.2) is 0 Å². The zero-order valence-corrected chi connectivity index (χ0v) is 16.1. The van der Waals surface area contributed by atoms with Gasteiger partial charge in [0.2, 0.25) is 0 Å². The third-order valence-corrected chi connectivity index (χ3v) is 4.16. The molecule has 0 aliphatic rings. The minimum absolute atomic E-state index is 0.623. The molecule has 0 aliphatic carbocycles. The van der Waals surface area contributed by atoms with Crippen LogP contribution < -0.4 is 9.47 Å². The van der Waals surface area contributed by atoms with Gasteiger partial charge in [-0.1, -0.05) is 49.8 Å². The third-order valence-electron chi connectivity index (χ3n) is 3.78. The molecular formula is C22H26O2S. The smallest absolute Gasteiger partial charge is 0.126 e. The summed E-state index contributed by atoms with van der Waals surface area (Å²) in [6.45, 7) is 7.40. The van der Waals surface area contributed by atoms with Crippen LogP contribution >= 0.6 is 12.2 Å². The second-order valence-electron chi connectivity index (χ2n) is 5.71. The molecule has 0 saturated heterocycles. The second kappa shape index (κ2) is 10.00. The molecule has 0 radical (unpaired) electrons. The average molecular weight is 355 g/mol. The standard InChI is InChI=1S/C22H26O2S/c1-4-7-17-8-10-18(11-9-17)22(25)15-12-19-16-20(23-5-2)13-14-21(19)24-6-3/h8-16H,4-7H2,1-3H3. The quantitative estimate of drug-likeness (QED) is 0.319. The molecule has 3 heteroatoms. The van der Waals surface area contributed by atoms with Crippen molar-refractivity contribution in [3.05, 3.63) is 65.2 Å². The molecule has 0 N–H and O–H groups in total. The summed E-state index contributed by atoms with van der Waals surface area (Å²) >= 11 is 5.56. The Labute approximate surface area is 156 Å². The maximum Gasteiger partial charge on any atom is 0.126 e. The predicted molar refractivity (Wildman–Crippen MR) is 110 cm³/mol. The molecule has 2 nitrogen and oxygen atoms in total. The molecule has 132 valence electrons. The minimum Gasteiger partial charge on any atom is -0.494 e. The Bertz CT molecular complexity index is 717. The summed E-state index contributed by atoms with van der Waals surface area (Å²) in [6, 6.07) is 14.3. The van der Waals surface area contributed by atoms with E-state index in [4.69, 9.17) is 21.7 Å². The lowest BCUT2D eigenvalue weighted by molar-refractivity contribution is 0.330. The molecule has 0 atom stereocenters. The van der Waals surface area contributed by atoms with E-state index in [1.165, 1.54) is 5.56 Å². The van der Waals surface area contributed by atoms with Gasteiger partial charge in [0, 0.05) is 10.4 Å². The number of benzene rings is 2. The van der Waals surface area contributed by atoms with E-state index in [1.807, 2.05) is 44.2 Å². The highest BCUT2D eigenvalue weighted by molar-refractivity contribution is 7.81. The van der Waals surface area contributed by atoms with Crippen molar-refractivity contribution in [3.8, 4) is 11.5 Å². The van der Waals surface area contributed by atoms with Gasteiger partial charge in [-0.2, -0.15) is 0 Å². The minimum atomic E-state index is 0.623. The van der Waals surface area contributed by atoms with Crippen molar-refractivity contribution in [1.82, 2.24) is 0 Å². The van der Waals surface area contributed by atoms with Crippen LogP contribution in [0, 0.1) is 0 Å². The first kappa shape index (κ1) is 19.2. The summed E-state index contributed by atoms with van der Waals surface area (Å²) in [7, 11) is 0. The van der Waals surface area contributed by atoms with Crippen molar-refractivity contribution in [1.29, 1.82) is 0 Å². The summed E-state index contributed by atoms with van der Waals surface area (Å²) in [5.41, 5.74) is 3.38. The van der Waals surface area contributed by atoms with Crippen LogP contribution in [0.2, 0.25) is 0 Å². The van der Waals surface area contributed by atoms with Gasteiger partial charge < -0.3 is 9.47 Å². The Morgan fingerprint density at radius 1 is 0.960 bits per heavy atom. The number of aryl methyl sites for hydroxylation is 1. The van der Waals surface area contributed by atoms with E-state index < -0.39 is 0 Å². The predicted octanol–water partition coefficient (Wildman–Crippen LogP) is 5.87. The lowest BCUT2D eigenvalue weighted by Gasteiger charge is -2.10. The lowest BCUT2D eigenvalue weighted by atomic mass is 10.0. The third kappa shape index (κ3) is 5.71. The second-order valence-corrected chi connectivity index (χ2v) is 6.15. The first-order valence-electron chi connectivity index (χ1n) is 8.88. The van der Waals surface area contributed by atoms with Gasteiger partial charge in [-0.15, -0.1) is 0 Å². The van der Waals surface area contributed by atoms with Crippen LogP contribution in [0.15, 0.2) is 48.5 Å². The Hall–Kier alpha value is -2.13. The number of ether oxygens (including phenoxy) is 2. The van der Waals surface area contributed by atoms with Gasteiger partial charge in [0.25, 0.3) is 0 Å². The summed E-state index contributed by atoms with van der Waals surface area (Å²) in [6.07, 6.45) is 6.21. The zero-order valence-electron chi connectivity index (χ0n) is 15.2. The molecule has 2 rings (SSSR count). The number of allylic oxidation sites excluding steroid dienone is 1. The molecule has 2 aromatic rings. The number of thiocarbonyl (C=S) groups is 1. The topological polar surface area (TPSA) is 18.5 Å². The van der Waals surface area contributed by atoms with Gasteiger partial charge in [-0.05, 0) is 61.7 Å². The molecule has 0 spiro atoms. The number of hydrogen-bond donors (Lipinski definition) is 0. The monoisotopic (exact) mass is 354 g/mol. The Kier molecular flexibility index (Phi) is 7.68. The summed E-state index contributed by atoms with van der Waals surface area (Å²) in [5, 5.41) is 0. The fourth-order valence-corrected chi connectivity index (χ4v) is 2.79. The van der Waals surface area contributed by atoms with Crippen molar-refractivity contribution in [2.24, 2.45) is 0 Å². The fraction of sp³-hybridized carbons (Fsp3) is 0.318. The molecule has 0 amide bonds. The molecule has 0 heterocycles. The molecule has 2 aromatic carbocycles. The molecule has 0 aromatic heterocycles. The highest BCUT2D eigenvalue weighted by atomic mass is 32.1. The van der Waals surface area contributed by atoms with Crippen LogP contribution in [0.4, 0.5) is 0 Å². The Morgan fingerprint density at radius 2 is 1.68 bits per heavy atom. The number of rotatable bonds is 9. The molecule has 25 heavy (non-hydrogen) atoms. The Balaban J connectivity index is 2.18. The van der Waals surface area contributed by atoms with Crippen molar-refractivity contribution in [2.45, 2.75) is 33.6 Å². The molecule has 0 aliphatic heterocycles. The lowest BCUT2D eigenvalue weighted by Crippen LogP contribution is -1.97. The van der Waals surface area contributed by atoms with Crippen LogP contribution in [0.3, 0.4) is 0 Å². The van der Waals surface area contributed by atoms with Crippen molar-refractivity contribution in [3.63, 3.8) is 0 Å². The van der Waals surface area contributed by atoms with E-state index in [-0.39, 0.29) is 0 Å². The van der Waals surface area contributed by atoms with Gasteiger partial charge >= 0.3 is 0 Å². The average Bonchev–Trinajstić information content (AvgIpc) is 2.63. The molecule has 0 fully saturated rings. The Morgan fingerprint density at radius 3 is 2.32 bits per heavy atom. The van der Waals surface area contributed by atoms with Gasteiger partial charge in [0.1, 0.15) is 11.5 Å². The van der Waals surface area contributed by atoms with Crippen LogP contribution in [0.1, 0.15) is 43.9 Å². The summed E-state index contributed by atoms with van der Waals surface area (Å²) < 4.78 is 11.3. The van der Waals surface area contributed by atoms with Crippen LogP contribution in [0.5, 0.6) is 11.5 Å². The van der Waals surface area contributed by atoms with Gasteiger partial charge in [-0.3, -0.25) is 0 Å². The molecule has 0 unspecified atom stereocenters. The van der Waals surface area contributed by atoms with E-state index in [1.54, 1.807) is 0 Å². The molecule has 0 saturated carbocycles. The van der Waals surface area contributed by atoms with Crippen LogP contribution in [-0.4, -0.2) is 18.1 Å². The van der Waals surface area contributed by atoms with E-state index in [9.17, 15) is 0 Å². The van der Waals surface area contributed by atoms with E-state index in [0.717, 1.165) is 40.3 Å². The first-order valence-corrected chi connectivity index (χ1v) is 9.29. The fourth-order valence-electron chi connectivity index (χ4n) is 2.59. The van der Waals surface area contributed by atoms with Crippen molar-refractivity contribution >= 4 is 23.2 Å². The van der Waals surface area contributed by atoms with E-state index in [0.29, 0.717) is 13.2 Å². The summed E-state index contributed by atoms with van der Waals surface area (Å²) in [4.78, 5) is 0.812. The highest BCUT2D eigenvalue weighted by Gasteiger charge is 2.04. The van der Waals surface area contributed by atoms with Crippen LogP contribution in [-0.2, 0) is 6.42 Å². The summed E-state index contributed by atoms with van der Waals surface area (Å²) in [5.74, 6) is 1.67. The van der Waals surface area contributed by atoms with E-state index >= 15 is 0 Å².